The lowest BCUT2D eigenvalue weighted by Gasteiger charge is -2.23. The summed E-state index contributed by atoms with van der Waals surface area (Å²) in [4.78, 5) is 21.2. The van der Waals surface area contributed by atoms with Crippen LogP contribution in [0.2, 0.25) is 0 Å². The van der Waals surface area contributed by atoms with Crippen molar-refractivity contribution in [2.24, 2.45) is 7.05 Å². The highest BCUT2D eigenvalue weighted by Crippen LogP contribution is 2.31. The first-order chi connectivity index (χ1) is 15.8. The van der Waals surface area contributed by atoms with Gasteiger partial charge in [-0.15, -0.1) is 0 Å². The molecule has 0 bridgehead atoms. The van der Waals surface area contributed by atoms with Gasteiger partial charge in [0.05, 0.1) is 23.9 Å². The molecule has 1 aromatic carbocycles. The van der Waals surface area contributed by atoms with E-state index in [4.69, 9.17) is 14.7 Å². The quantitative estimate of drug-likeness (QED) is 0.547. The number of anilines is 2. The van der Waals surface area contributed by atoms with E-state index >= 15 is 0 Å². The molecule has 3 aromatic rings. The molecule has 2 atom stereocenters. The monoisotopic (exact) mass is 451 g/mol. The fourth-order valence-electron chi connectivity index (χ4n) is 3.70. The molecule has 1 fully saturated rings. The molecule has 0 radical (unpaired) electrons. The van der Waals surface area contributed by atoms with Crippen molar-refractivity contribution in [3.63, 3.8) is 0 Å². The van der Waals surface area contributed by atoms with E-state index in [2.05, 4.69) is 10.4 Å². The molecule has 0 spiro atoms. The smallest absolute Gasteiger partial charge is 0.309 e. The lowest BCUT2D eigenvalue weighted by molar-refractivity contribution is -0.156. The summed E-state index contributed by atoms with van der Waals surface area (Å²) in [5.74, 6) is 0.231. The highest BCUT2D eigenvalue weighted by Gasteiger charge is 2.26. The fourth-order valence-corrected chi connectivity index (χ4v) is 3.70. The van der Waals surface area contributed by atoms with E-state index < -0.39 is 18.2 Å². The molecule has 2 N–H and O–H groups in total. The van der Waals surface area contributed by atoms with Gasteiger partial charge in [-0.2, -0.15) is 5.10 Å². The van der Waals surface area contributed by atoms with Crippen molar-refractivity contribution in [3.05, 3.63) is 59.7 Å². The Morgan fingerprint density at radius 2 is 2.00 bits per heavy atom. The molecule has 0 saturated carbocycles. The van der Waals surface area contributed by atoms with Crippen LogP contribution in [0.4, 0.5) is 16.2 Å². The van der Waals surface area contributed by atoms with Crippen LogP contribution in [-0.4, -0.2) is 43.0 Å². The minimum atomic E-state index is -0.733. The third-order valence-electron chi connectivity index (χ3n) is 5.26. The average molecular weight is 452 g/mol. The Morgan fingerprint density at radius 3 is 2.64 bits per heavy atom. The Hall–Kier alpha value is -3.59. The molecule has 0 unspecified atom stereocenters. The van der Waals surface area contributed by atoms with E-state index in [1.807, 2.05) is 39.2 Å². The van der Waals surface area contributed by atoms with Gasteiger partial charge in [0.2, 0.25) is 5.95 Å². The minimum Gasteiger partial charge on any atom is -0.458 e. The number of cyclic esters (lactones) is 1. The first kappa shape index (κ1) is 22.6. The largest absolute Gasteiger partial charge is 0.458 e. The number of aliphatic hydroxyl groups excluding tert-OH is 1. The van der Waals surface area contributed by atoms with Crippen LogP contribution in [0.15, 0.2) is 42.6 Å². The van der Waals surface area contributed by atoms with Gasteiger partial charge >= 0.3 is 5.97 Å². The van der Waals surface area contributed by atoms with Gasteiger partial charge in [0, 0.05) is 36.9 Å². The van der Waals surface area contributed by atoms with Crippen molar-refractivity contribution in [3.8, 4) is 11.3 Å². The molecule has 33 heavy (non-hydrogen) atoms. The van der Waals surface area contributed by atoms with Crippen LogP contribution < -0.4 is 5.32 Å². The lowest BCUT2D eigenvalue weighted by atomic mass is 9.97. The number of aliphatic hydroxyl groups is 1. The number of hydrogen-bond acceptors (Lipinski definition) is 7. The van der Waals surface area contributed by atoms with Crippen molar-refractivity contribution >= 4 is 23.8 Å². The van der Waals surface area contributed by atoms with Gasteiger partial charge in [0.15, 0.2) is 5.82 Å². The van der Waals surface area contributed by atoms with Gasteiger partial charge in [0.1, 0.15) is 11.9 Å². The van der Waals surface area contributed by atoms with Crippen LogP contribution in [0.25, 0.3) is 17.3 Å². The van der Waals surface area contributed by atoms with Crippen molar-refractivity contribution in [2.75, 3.05) is 5.32 Å². The molecule has 2 aromatic heterocycles. The second-order valence-electron chi connectivity index (χ2n) is 8.34. The number of carbonyl (C=O) groups excluding carboxylic acids is 1. The van der Waals surface area contributed by atoms with Crippen molar-refractivity contribution in [1.82, 2.24) is 19.7 Å². The summed E-state index contributed by atoms with van der Waals surface area (Å²) in [6, 6.07) is 7.89. The third kappa shape index (κ3) is 5.43. The molecule has 3 heterocycles. The average Bonchev–Trinajstić information content (AvgIpc) is 3.16. The van der Waals surface area contributed by atoms with Gasteiger partial charge in [-0.05, 0) is 36.3 Å². The lowest BCUT2D eigenvalue weighted by Crippen LogP contribution is -2.31. The van der Waals surface area contributed by atoms with E-state index in [1.165, 1.54) is 12.1 Å². The fraction of sp³-hybridized carbons (Fsp3) is 0.333. The molecule has 4 rings (SSSR count). The molecule has 1 saturated heterocycles. The number of esters is 1. The summed E-state index contributed by atoms with van der Waals surface area (Å²) < 4.78 is 20.6. The molecule has 1 aliphatic rings. The van der Waals surface area contributed by atoms with Crippen LogP contribution >= 0.6 is 0 Å². The summed E-state index contributed by atoms with van der Waals surface area (Å²) in [6.45, 7) is 4.03. The third-order valence-corrected chi connectivity index (χ3v) is 5.26. The summed E-state index contributed by atoms with van der Waals surface area (Å²) >= 11 is 0. The number of aryl methyl sites for hydroxylation is 1. The zero-order valence-electron chi connectivity index (χ0n) is 18.7. The summed E-state index contributed by atoms with van der Waals surface area (Å²) in [7, 11) is 1.82. The van der Waals surface area contributed by atoms with Crippen LogP contribution in [0.5, 0.6) is 0 Å². The highest BCUT2D eigenvalue weighted by molar-refractivity contribution is 5.76. The molecule has 9 heteroatoms. The second kappa shape index (κ2) is 9.50. The number of rotatable bonds is 6. The first-order valence-electron chi connectivity index (χ1n) is 10.8. The van der Waals surface area contributed by atoms with Crippen LogP contribution in [0, 0.1) is 5.82 Å². The number of hydrogen-bond donors (Lipinski definition) is 2. The maximum atomic E-state index is 13.6. The number of nitrogens with zero attached hydrogens (tertiary/aromatic N) is 4. The zero-order valence-corrected chi connectivity index (χ0v) is 18.7. The molecular weight excluding hydrogens is 425 g/mol. The molecule has 172 valence electrons. The normalized spacial score (nSPS) is 18.7. The van der Waals surface area contributed by atoms with Crippen LogP contribution in [-0.2, 0) is 16.6 Å². The van der Waals surface area contributed by atoms with E-state index in [0.717, 1.165) is 11.3 Å². The standard InChI is InChI=1S/C24H26FN5O3/c1-14(2)22-19(9-8-18-12-17(31)13-21(32)33-18)23(15-4-6-16(25)7-5-15)28-24(27-22)26-20-10-11-30(3)29-20/h4-11,14,17-18,31H,12-13H2,1-3H3,(H,26,27,28,29)/b9-8+/t17-,18-/m1/s1. The van der Waals surface area contributed by atoms with Gasteiger partial charge in [-0.3, -0.25) is 9.48 Å². The van der Waals surface area contributed by atoms with Gasteiger partial charge in [0.25, 0.3) is 0 Å². The summed E-state index contributed by atoms with van der Waals surface area (Å²) in [5.41, 5.74) is 2.82. The number of benzene rings is 1. The Morgan fingerprint density at radius 1 is 1.24 bits per heavy atom. The highest BCUT2D eigenvalue weighted by atomic mass is 19.1. The van der Waals surface area contributed by atoms with Gasteiger partial charge in [-0.25, -0.2) is 14.4 Å². The summed E-state index contributed by atoms with van der Waals surface area (Å²) in [5, 5.41) is 17.4. The van der Waals surface area contributed by atoms with E-state index in [-0.39, 0.29) is 18.2 Å². The number of ether oxygens (including phenoxy) is 1. The van der Waals surface area contributed by atoms with Crippen molar-refractivity contribution in [1.29, 1.82) is 0 Å². The topological polar surface area (TPSA) is 102 Å². The van der Waals surface area contributed by atoms with Gasteiger partial charge in [-0.1, -0.05) is 19.9 Å². The van der Waals surface area contributed by atoms with Gasteiger partial charge < -0.3 is 15.2 Å². The molecule has 0 amide bonds. The van der Waals surface area contributed by atoms with E-state index in [1.54, 1.807) is 22.9 Å². The van der Waals surface area contributed by atoms with Crippen LogP contribution in [0.3, 0.4) is 0 Å². The molecular formula is C24H26FN5O3. The zero-order chi connectivity index (χ0) is 23.5. The number of nitrogens with one attached hydrogen (secondary N) is 1. The number of carbonyl (C=O) groups is 1. The van der Waals surface area contributed by atoms with E-state index in [9.17, 15) is 14.3 Å². The molecule has 1 aliphatic heterocycles. The Balaban J connectivity index is 1.79. The predicted molar refractivity (Wildman–Crippen MR) is 122 cm³/mol. The maximum Gasteiger partial charge on any atom is 0.309 e. The minimum absolute atomic E-state index is 0.000583. The Kier molecular flexibility index (Phi) is 6.50. The number of halogens is 1. The first-order valence-corrected chi connectivity index (χ1v) is 10.8. The van der Waals surface area contributed by atoms with E-state index in [0.29, 0.717) is 29.4 Å². The number of aromatic nitrogens is 4. The molecule has 8 nitrogen and oxygen atoms in total. The summed E-state index contributed by atoms with van der Waals surface area (Å²) in [6.07, 6.45) is 4.41. The Labute approximate surface area is 191 Å². The molecule has 0 aliphatic carbocycles. The van der Waals surface area contributed by atoms with Crippen molar-refractivity contribution in [2.45, 2.75) is 44.8 Å². The maximum absolute atomic E-state index is 13.6. The second-order valence-corrected chi connectivity index (χ2v) is 8.34. The SMILES string of the molecule is CC(C)c1nc(Nc2ccn(C)n2)nc(-c2ccc(F)cc2)c1/C=C/[C@@H]1C[C@@H](O)CC(=O)O1. The predicted octanol–water partition coefficient (Wildman–Crippen LogP) is 3.96. The van der Waals surface area contributed by atoms with Crippen LogP contribution in [0.1, 0.15) is 43.9 Å². The Bertz CT molecular complexity index is 1170. The van der Waals surface area contributed by atoms with Crippen molar-refractivity contribution < 1.29 is 19.0 Å².